The average Bonchev–Trinajstić information content (AvgIpc) is 2.87. The highest BCUT2D eigenvalue weighted by Gasteiger charge is 2.16. The number of halogens is 2. The van der Waals surface area contributed by atoms with Crippen LogP contribution in [0.5, 0.6) is 11.5 Å². The maximum atomic E-state index is 13.4. The van der Waals surface area contributed by atoms with Gasteiger partial charge in [0, 0.05) is 20.4 Å². The molecule has 0 atom stereocenters. The number of carboxylic acids is 1. The number of ether oxygens (including phenoxy) is 2. The minimum Gasteiger partial charge on any atom is -0.493 e. The molecule has 190 valence electrons. The van der Waals surface area contributed by atoms with Gasteiger partial charge in [-0.15, -0.1) is 0 Å². The molecule has 1 aromatic heterocycles. The first-order valence-corrected chi connectivity index (χ1v) is 12.9. The van der Waals surface area contributed by atoms with E-state index >= 15 is 0 Å². The zero-order valence-electron chi connectivity index (χ0n) is 20.2. The highest BCUT2D eigenvalue weighted by atomic mass is 79.9. The third kappa shape index (κ3) is 5.91. The van der Waals surface area contributed by atoms with E-state index in [-0.39, 0.29) is 23.6 Å². The first-order chi connectivity index (χ1) is 17.7. The molecular weight excluding hydrogens is 606 g/mol. The van der Waals surface area contributed by atoms with E-state index in [2.05, 4.69) is 41.9 Å². The van der Waals surface area contributed by atoms with Crippen LogP contribution in [0.3, 0.4) is 0 Å². The molecule has 10 heteroatoms. The summed E-state index contributed by atoms with van der Waals surface area (Å²) in [7, 11) is 1.53. The number of aromatic carboxylic acids is 1. The van der Waals surface area contributed by atoms with Gasteiger partial charge in [-0.2, -0.15) is 9.78 Å². The van der Waals surface area contributed by atoms with Crippen molar-refractivity contribution in [3.05, 3.63) is 96.4 Å². The van der Waals surface area contributed by atoms with E-state index in [1.807, 2.05) is 19.9 Å². The Bertz CT molecular complexity index is 1560. The first kappa shape index (κ1) is 26.6. The molecule has 0 fully saturated rings. The predicted octanol–water partition coefficient (Wildman–Crippen LogP) is 6.21. The van der Waals surface area contributed by atoms with Crippen LogP contribution in [0.4, 0.5) is 0 Å². The van der Waals surface area contributed by atoms with Crippen LogP contribution >= 0.6 is 31.9 Å². The van der Waals surface area contributed by atoms with Crippen LogP contribution in [0.15, 0.2) is 73.4 Å². The minimum absolute atomic E-state index is 0.0561. The van der Waals surface area contributed by atoms with E-state index in [1.54, 1.807) is 36.4 Å². The zero-order chi connectivity index (χ0) is 26.7. The molecule has 0 aliphatic carbocycles. The van der Waals surface area contributed by atoms with Gasteiger partial charge in [0.1, 0.15) is 12.4 Å². The van der Waals surface area contributed by atoms with Crippen molar-refractivity contribution in [1.82, 2.24) is 9.66 Å². The number of benzene rings is 3. The number of hydrogen-bond donors (Lipinski definition) is 1. The fourth-order valence-electron chi connectivity index (χ4n) is 3.66. The molecule has 4 rings (SSSR count). The van der Waals surface area contributed by atoms with Gasteiger partial charge in [-0.1, -0.05) is 57.8 Å². The molecular formula is C27H23Br2N3O5. The second-order valence-electron chi connectivity index (χ2n) is 8.46. The maximum absolute atomic E-state index is 13.4. The number of nitrogens with zero attached hydrogens (tertiary/aromatic N) is 3. The number of rotatable bonds is 8. The summed E-state index contributed by atoms with van der Waals surface area (Å²) in [5.74, 6) is 0.368. The fraction of sp³-hybridized carbons (Fsp3) is 0.185. The molecule has 8 nitrogen and oxygen atoms in total. The molecule has 37 heavy (non-hydrogen) atoms. The summed E-state index contributed by atoms with van der Waals surface area (Å²) in [5, 5.41) is 14.1. The Morgan fingerprint density at radius 1 is 1.11 bits per heavy atom. The number of carboxylic acid groups (broad SMARTS) is 1. The van der Waals surface area contributed by atoms with Crippen molar-refractivity contribution in [1.29, 1.82) is 0 Å². The summed E-state index contributed by atoms with van der Waals surface area (Å²) in [5.41, 5.74) is 1.87. The molecule has 0 aliphatic rings. The normalized spacial score (nSPS) is 11.4. The lowest BCUT2D eigenvalue weighted by atomic mass is 10.1. The number of fused-ring (bicyclic) bond motifs is 1. The Morgan fingerprint density at radius 2 is 1.84 bits per heavy atom. The summed E-state index contributed by atoms with van der Waals surface area (Å²) in [6.07, 6.45) is 1.54. The van der Waals surface area contributed by atoms with Gasteiger partial charge in [0.05, 0.1) is 29.8 Å². The van der Waals surface area contributed by atoms with E-state index in [0.717, 1.165) is 14.5 Å². The van der Waals surface area contributed by atoms with Crippen molar-refractivity contribution in [2.24, 2.45) is 5.10 Å². The number of hydrogen-bond acceptors (Lipinski definition) is 6. The summed E-state index contributed by atoms with van der Waals surface area (Å²) >= 11 is 6.90. The molecule has 0 bridgehead atoms. The number of aromatic nitrogens is 2. The Balaban J connectivity index is 1.75. The molecule has 0 saturated carbocycles. The largest absolute Gasteiger partial charge is 0.493 e. The third-order valence-corrected chi connectivity index (χ3v) is 6.47. The van der Waals surface area contributed by atoms with Gasteiger partial charge < -0.3 is 14.6 Å². The van der Waals surface area contributed by atoms with Crippen LogP contribution in [-0.2, 0) is 6.61 Å². The topological polar surface area (TPSA) is 103 Å². The van der Waals surface area contributed by atoms with Gasteiger partial charge >= 0.3 is 5.97 Å². The Morgan fingerprint density at radius 3 is 2.49 bits per heavy atom. The molecule has 0 radical (unpaired) electrons. The van der Waals surface area contributed by atoms with E-state index in [4.69, 9.17) is 14.6 Å². The number of carbonyl (C=O) groups is 1. The van der Waals surface area contributed by atoms with Gasteiger partial charge in [0.15, 0.2) is 11.5 Å². The van der Waals surface area contributed by atoms with Crippen molar-refractivity contribution in [3.63, 3.8) is 0 Å². The van der Waals surface area contributed by atoms with E-state index in [1.165, 1.54) is 30.1 Å². The Hall–Kier alpha value is -3.50. The van der Waals surface area contributed by atoms with Crippen LogP contribution in [0.1, 0.15) is 47.1 Å². The maximum Gasteiger partial charge on any atom is 0.335 e. The molecule has 0 amide bonds. The zero-order valence-corrected chi connectivity index (χ0v) is 23.4. The molecule has 1 N–H and O–H groups in total. The quantitative estimate of drug-likeness (QED) is 0.233. The van der Waals surface area contributed by atoms with Gasteiger partial charge in [0.25, 0.3) is 5.56 Å². The summed E-state index contributed by atoms with van der Waals surface area (Å²) in [4.78, 5) is 29.2. The predicted molar refractivity (Wildman–Crippen MR) is 149 cm³/mol. The van der Waals surface area contributed by atoms with E-state index in [9.17, 15) is 9.59 Å². The lowest BCUT2D eigenvalue weighted by Crippen LogP contribution is -2.23. The minimum atomic E-state index is -0.993. The van der Waals surface area contributed by atoms with Crippen molar-refractivity contribution in [3.8, 4) is 11.5 Å². The molecule has 1 heterocycles. The second-order valence-corrected chi connectivity index (χ2v) is 10.3. The van der Waals surface area contributed by atoms with Crippen LogP contribution < -0.4 is 15.0 Å². The van der Waals surface area contributed by atoms with Crippen molar-refractivity contribution in [2.75, 3.05) is 7.11 Å². The van der Waals surface area contributed by atoms with Gasteiger partial charge in [-0.3, -0.25) is 4.79 Å². The average molecular weight is 629 g/mol. The van der Waals surface area contributed by atoms with Crippen LogP contribution in [-0.4, -0.2) is 34.1 Å². The highest BCUT2D eigenvalue weighted by molar-refractivity contribution is 9.10. The standard InChI is InChI=1S/C27H23Br2N3O5/c1-15(2)25-31-22-9-8-19(28)11-21(22)26(33)32(25)30-13-18-10-20(29)12-23(36-3)24(18)37-14-16-4-6-17(7-5-16)27(34)35/h4-13,15H,14H2,1-3H3,(H,34,35). The van der Waals surface area contributed by atoms with Crippen molar-refractivity contribution in [2.45, 2.75) is 26.4 Å². The molecule has 0 spiro atoms. The molecule has 3 aromatic carbocycles. The second kappa shape index (κ2) is 11.3. The lowest BCUT2D eigenvalue weighted by molar-refractivity contribution is 0.0697. The third-order valence-electron chi connectivity index (χ3n) is 5.51. The summed E-state index contributed by atoms with van der Waals surface area (Å²) in [6, 6.07) is 15.4. The van der Waals surface area contributed by atoms with E-state index in [0.29, 0.717) is 33.8 Å². The number of methoxy groups -OCH3 is 1. The van der Waals surface area contributed by atoms with Gasteiger partial charge in [-0.05, 0) is 48.0 Å². The van der Waals surface area contributed by atoms with Gasteiger partial charge in [-0.25, -0.2) is 9.78 Å². The molecule has 0 saturated heterocycles. The molecule has 4 aromatic rings. The summed E-state index contributed by atoms with van der Waals surface area (Å²) in [6.45, 7) is 4.07. The van der Waals surface area contributed by atoms with Crippen molar-refractivity contribution >= 4 is 54.9 Å². The molecule has 0 unspecified atom stereocenters. The molecule has 0 aliphatic heterocycles. The van der Waals surface area contributed by atoms with E-state index < -0.39 is 5.97 Å². The van der Waals surface area contributed by atoms with Crippen LogP contribution in [0.25, 0.3) is 10.9 Å². The van der Waals surface area contributed by atoms with Crippen LogP contribution in [0, 0.1) is 0 Å². The Kier molecular flexibility index (Phi) is 8.09. The first-order valence-electron chi connectivity index (χ1n) is 11.3. The SMILES string of the molecule is COc1cc(Br)cc(C=Nn2c(C(C)C)nc3ccc(Br)cc3c2=O)c1OCc1ccc(C(=O)O)cc1. The highest BCUT2D eigenvalue weighted by Crippen LogP contribution is 2.35. The van der Waals surface area contributed by atoms with Crippen molar-refractivity contribution < 1.29 is 19.4 Å². The smallest absolute Gasteiger partial charge is 0.335 e. The van der Waals surface area contributed by atoms with Gasteiger partial charge in [0.2, 0.25) is 0 Å². The lowest BCUT2D eigenvalue weighted by Gasteiger charge is -2.15. The Labute approximate surface area is 229 Å². The fourth-order valence-corrected chi connectivity index (χ4v) is 4.48. The summed E-state index contributed by atoms with van der Waals surface area (Å²) < 4.78 is 14.4. The monoisotopic (exact) mass is 627 g/mol. The van der Waals surface area contributed by atoms with Crippen LogP contribution in [0.2, 0.25) is 0 Å².